The third-order valence-corrected chi connectivity index (χ3v) is 3.38. The zero-order valence-electron chi connectivity index (χ0n) is 12.3. The van der Waals surface area contributed by atoms with Gasteiger partial charge in [-0.2, -0.15) is 0 Å². The standard InChI is InChI=1S/C17H12ClFN4O/c18-11-5-7-12(8-6-11)22-16-10-20-15(9-21-16)17(24)23-14-4-2-1-3-13(14)19/h1-10H,(H,21,22)(H,23,24). The van der Waals surface area contributed by atoms with Crippen molar-refractivity contribution >= 4 is 34.7 Å². The number of nitrogens with one attached hydrogen (secondary N) is 2. The van der Waals surface area contributed by atoms with Crippen LogP contribution in [-0.4, -0.2) is 15.9 Å². The van der Waals surface area contributed by atoms with Crippen molar-refractivity contribution in [2.45, 2.75) is 0 Å². The van der Waals surface area contributed by atoms with Crippen molar-refractivity contribution in [1.29, 1.82) is 0 Å². The van der Waals surface area contributed by atoms with Crippen LogP contribution in [0.5, 0.6) is 0 Å². The van der Waals surface area contributed by atoms with E-state index in [1.165, 1.54) is 24.5 Å². The summed E-state index contributed by atoms with van der Waals surface area (Å²) in [5.74, 6) is -0.578. The number of amides is 1. The molecule has 0 atom stereocenters. The van der Waals surface area contributed by atoms with Gasteiger partial charge in [0.05, 0.1) is 18.1 Å². The molecule has 0 bridgehead atoms. The van der Waals surface area contributed by atoms with Gasteiger partial charge in [-0.1, -0.05) is 23.7 Å². The van der Waals surface area contributed by atoms with E-state index < -0.39 is 11.7 Å². The van der Waals surface area contributed by atoms with Crippen LogP contribution in [0.2, 0.25) is 5.02 Å². The SMILES string of the molecule is O=C(Nc1ccccc1F)c1cnc(Nc2ccc(Cl)cc2)cn1. The lowest BCUT2D eigenvalue weighted by atomic mass is 10.3. The van der Waals surface area contributed by atoms with Crippen molar-refractivity contribution < 1.29 is 9.18 Å². The minimum atomic E-state index is -0.536. The van der Waals surface area contributed by atoms with Gasteiger partial charge in [0.1, 0.15) is 17.3 Å². The first-order valence-corrected chi connectivity index (χ1v) is 7.40. The molecule has 3 aromatic rings. The number of carbonyl (C=O) groups excluding carboxylic acids is 1. The van der Waals surface area contributed by atoms with Crippen LogP contribution in [0.15, 0.2) is 60.9 Å². The Morgan fingerprint density at radius 1 is 1.00 bits per heavy atom. The highest BCUT2D eigenvalue weighted by Crippen LogP contribution is 2.17. The number of anilines is 3. The molecule has 0 saturated carbocycles. The summed E-state index contributed by atoms with van der Waals surface area (Å²) in [7, 11) is 0. The highest BCUT2D eigenvalue weighted by atomic mass is 35.5. The fraction of sp³-hybridized carbons (Fsp3) is 0. The fourth-order valence-electron chi connectivity index (χ4n) is 1.94. The number of halogens is 2. The van der Waals surface area contributed by atoms with E-state index in [1.807, 2.05) is 0 Å². The van der Waals surface area contributed by atoms with Gasteiger partial charge in [-0.3, -0.25) is 4.79 Å². The summed E-state index contributed by atoms with van der Waals surface area (Å²) >= 11 is 5.82. The molecule has 7 heteroatoms. The van der Waals surface area contributed by atoms with Crippen molar-refractivity contribution in [2.24, 2.45) is 0 Å². The molecule has 1 amide bonds. The molecule has 120 valence electrons. The summed E-state index contributed by atoms with van der Waals surface area (Å²) in [6.45, 7) is 0. The largest absolute Gasteiger partial charge is 0.339 e. The lowest BCUT2D eigenvalue weighted by molar-refractivity contribution is 0.102. The van der Waals surface area contributed by atoms with Crippen LogP contribution in [0.1, 0.15) is 10.5 Å². The number of para-hydroxylation sites is 1. The van der Waals surface area contributed by atoms with E-state index in [0.29, 0.717) is 10.8 Å². The first kappa shape index (κ1) is 15.9. The summed E-state index contributed by atoms with van der Waals surface area (Å²) in [6, 6.07) is 13.0. The molecule has 1 aromatic heterocycles. The van der Waals surface area contributed by atoms with Gasteiger partial charge in [0.15, 0.2) is 0 Å². The van der Waals surface area contributed by atoms with Crippen LogP contribution in [-0.2, 0) is 0 Å². The molecule has 3 rings (SSSR count). The number of aromatic nitrogens is 2. The van der Waals surface area contributed by atoms with Gasteiger partial charge in [0.25, 0.3) is 5.91 Å². The van der Waals surface area contributed by atoms with Crippen molar-refractivity contribution in [2.75, 3.05) is 10.6 Å². The molecule has 0 spiro atoms. The summed E-state index contributed by atoms with van der Waals surface area (Å²) in [4.78, 5) is 20.2. The maximum atomic E-state index is 13.5. The minimum absolute atomic E-state index is 0.0832. The van der Waals surface area contributed by atoms with Crippen LogP contribution in [0.25, 0.3) is 0 Å². The second-order valence-electron chi connectivity index (χ2n) is 4.85. The predicted octanol–water partition coefficient (Wildman–Crippen LogP) is 4.27. The Labute approximate surface area is 142 Å². The Kier molecular flexibility index (Phi) is 4.67. The molecular formula is C17H12ClFN4O. The second-order valence-corrected chi connectivity index (χ2v) is 5.29. The van der Waals surface area contributed by atoms with Gasteiger partial charge < -0.3 is 10.6 Å². The summed E-state index contributed by atoms with van der Waals surface area (Å²) < 4.78 is 13.5. The van der Waals surface area contributed by atoms with E-state index in [1.54, 1.807) is 36.4 Å². The van der Waals surface area contributed by atoms with Crippen molar-refractivity contribution in [3.63, 3.8) is 0 Å². The number of carbonyl (C=O) groups is 1. The first-order valence-electron chi connectivity index (χ1n) is 7.02. The molecule has 0 saturated heterocycles. The highest BCUT2D eigenvalue weighted by molar-refractivity contribution is 6.30. The third-order valence-electron chi connectivity index (χ3n) is 3.12. The number of rotatable bonds is 4. The van der Waals surface area contributed by atoms with Gasteiger partial charge in [0.2, 0.25) is 0 Å². The molecule has 0 aliphatic heterocycles. The lowest BCUT2D eigenvalue weighted by Crippen LogP contribution is -2.15. The molecule has 0 fully saturated rings. The summed E-state index contributed by atoms with van der Waals surface area (Å²) in [6.07, 6.45) is 2.74. The van der Waals surface area contributed by atoms with Crippen LogP contribution in [0.4, 0.5) is 21.6 Å². The number of nitrogens with zero attached hydrogens (tertiary/aromatic N) is 2. The van der Waals surface area contributed by atoms with E-state index in [0.717, 1.165) is 5.69 Å². The molecule has 0 unspecified atom stereocenters. The van der Waals surface area contributed by atoms with Gasteiger partial charge in [-0.05, 0) is 36.4 Å². The number of benzene rings is 2. The van der Waals surface area contributed by atoms with Gasteiger partial charge in [-0.25, -0.2) is 14.4 Å². The topological polar surface area (TPSA) is 66.9 Å². The van der Waals surface area contributed by atoms with E-state index in [9.17, 15) is 9.18 Å². The molecule has 0 aliphatic carbocycles. The smallest absolute Gasteiger partial charge is 0.275 e. The average Bonchev–Trinajstić information content (AvgIpc) is 2.59. The highest BCUT2D eigenvalue weighted by Gasteiger charge is 2.11. The van der Waals surface area contributed by atoms with E-state index in [2.05, 4.69) is 20.6 Å². The second kappa shape index (κ2) is 7.06. The quantitative estimate of drug-likeness (QED) is 0.743. The molecule has 24 heavy (non-hydrogen) atoms. The number of hydrogen-bond donors (Lipinski definition) is 2. The third kappa shape index (κ3) is 3.85. The maximum Gasteiger partial charge on any atom is 0.275 e. The summed E-state index contributed by atoms with van der Waals surface area (Å²) in [5, 5.41) is 6.11. The first-order chi connectivity index (χ1) is 11.6. The van der Waals surface area contributed by atoms with Crippen LogP contribution >= 0.6 is 11.6 Å². The lowest BCUT2D eigenvalue weighted by Gasteiger charge is -2.07. The normalized spacial score (nSPS) is 10.2. The molecule has 0 radical (unpaired) electrons. The van der Waals surface area contributed by atoms with E-state index >= 15 is 0 Å². The molecule has 2 aromatic carbocycles. The van der Waals surface area contributed by atoms with Crippen molar-refractivity contribution in [3.8, 4) is 0 Å². The Balaban J connectivity index is 1.68. The van der Waals surface area contributed by atoms with Gasteiger partial charge in [-0.15, -0.1) is 0 Å². The zero-order valence-corrected chi connectivity index (χ0v) is 13.1. The average molecular weight is 343 g/mol. The molecule has 5 nitrogen and oxygen atoms in total. The van der Waals surface area contributed by atoms with Gasteiger partial charge >= 0.3 is 0 Å². The van der Waals surface area contributed by atoms with Crippen molar-refractivity contribution in [3.05, 3.63) is 77.5 Å². The Morgan fingerprint density at radius 2 is 1.75 bits per heavy atom. The maximum absolute atomic E-state index is 13.5. The molecule has 2 N–H and O–H groups in total. The van der Waals surface area contributed by atoms with E-state index in [4.69, 9.17) is 11.6 Å². The van der Waals surface area contributed by atoms with E-state index in [-0.39, 0.29) is 11.4 Å². The summed E-state index contributed by atoms with van der Waals surface area (Å²) in [5.41, 5.74) is 0.963. The monoisotopic (exact) mass is 342 g/mol. The number of hydrogen-bond acceptors (Lipinski definition) is 4. The fourth-order valence-corrected chi connectivity index (χ4v) is 2.07. The predicted molar refractivity (Wildman–Crippen MR) is 91.1 cm³/mol. The Hall–Kier alpha value is -2.99. The zero-order chi connectivity index (χ0) is 16.9. The van der Waals surface area contributed by atoms with Gasteiger partial charge in [0, 0.05) is 10.7 Å². The van der Waals surface area contributed by atoms with Crippen LogP contribution in [0.3, 0.4) is 0 Å². The molecule has 1 heterocycles. The molecule has 0 aliphatic rings. The Morgan fingerprint density at radius 3 is 2.42 bits per heavy atom. The minimum Gasteiger partial charge on any atom is -0.339 e. The molecular weight excluding hydrogens is 331 g/mol. The van der Waals surface area contributed by atoms with Crippen LogP contribution < -0.4 is 10.6 Å². The Bertz CT molecular complexity index is 853. The van der Waals surface area contributed by atoms with Crippen molar-refractivity contribution in [1.82, 2.24) is 9.97 Å². The van der Waals surface area contributed by atoms with Crippen LogP contribution in [0, 0.1) is 5.82 Å².